The highest BCUT2D eigenvalue weighted by Crippen LogP contribution is 2.35. The lowest BCUT2D eigenvalue weighted by Crippen LogP contribution is -2.23. The number of hydrogen-bond donors (Lipinski definition) is 2. The van der Waals surface area contributed by atoms with Crippen LogP contribution >= 0.6 is 11.3 Å². The number of rotatable bonds is 2. The van der Waals surface area contributed by atoms with Gasteiger partial charge >= 0.3 is 6.18 Å². The minimum atomic E-state index is -4.43. The van der Waals surface area contributed by atoms with E-state index < -0.39 is 23.2 Å². The van der Waals surface area contributed by atoms with Crippen molar-refractivity contribution in [1.29, 1.82) is 0 Å². The average molecular weight is 288 g/mol. The summed E-state index contributed by atoms with van der Waals surface area (Å²) >= 11 is 0.846. The van der Waals surface area contributed by atoms with Crippen LogP contribution in [0, 0.1) is 0 Å². The predicted molar refractivity (Wildman–Crippen MR) is 63.9 cm³/mol. The number of aromatic amines is 1. The number of nitrogens with one attached hydrogen (secondary N) is 1. The molecule has 100 valence electrons. The second-order valence-electron chi connectivity index (χ2n) is 3.68. The summed E-state index contributed by atoms with van der Waals surface area (Å²) in [7, 11) is 0. The van der Waals surface area contributed by atoms with Gasteiger partial charge in [0.15, 0.2) is 0 Å². The van der Waals surface area contributed by atoms with Crippen LogP contribution in [0.3, 0.4) is 0 Å². The van der Waals surface area contributed by atoms with E-state index in [1.807, 2.05) is 0 Å². The van der Waals surface area contributed by atoms with Crippen LogP contribution < -0.4 is 11.3 Å². The SMILES string of the molecule is NC(=O)c1ccc(-c2cc(C(F)(F)F)cs2)[nH]c1=O. The van der Waals surface area contributed by atoms with Gasteiger partial charge in [-0.3, -0.25) is 9.59 Å². The Morgan fingerprint density at radius 2 is 2.00 bits per heavy atom. The number of primary amides is 1. The summed E-state index contributed by atoms with van der Waals surface area (Å²) in [6.07, 6.45) is -4.43. The summed E-state index contributed by atoms with van der Waals surface area (Å²) in [5.74, 6) is -0.894. The standard InChI is InChI=1S/C11H7F3N2O2S/c12-11(13,14)5-3-8(19-4-5)7-2-1-6(9(15)17)10(18)16-7/h1-4H,(H2,15,17)(H,16,18). The number of pyridine rings is 1. The molecule has 0 unspecified atom stereocenters. The number of thiophene rings is 1. The van der Waals surface area contributed by atoms with Crippen molar-refractivity contribution in [2.45, 2.75) is 6.18 Å². The van der Waals surface area contributed by atoms with Crippen molar-refractivity contribution in [1.82, 2.24) is 4.98 Å². The van der Waals surface area contributed by atoms with E-state index in [0.29, 0.717) is 0 Å². The lowest BCUT2D eigenvalue weighted by atomic mass is 10.2. The topological polar surface area (TPSA) is 76.0 Å². The van der Waals surface area contributed by atoms with Crippen molar-refractivity contribution in [3.63, 3.8) is 0 Å². The first-order valence-electron chi connectivity index (χ1n) is 4.98. The highest BCUT2D eigenvalue weighted by Gasteiger charge is 2.31. The third kappa shape index (κ3) is 2.68. The number of carbonyl (C=O) groups is 1. The number of halogens is 3. The summed E-state index contributed by atoms with van der Waals surface area (Å²) < 4.78 is 37.3. The Bertz CT molecular complexity index is 688. The molecule has 2 rings (SSSR count). The molecule has 0 radical (unpaired) electrons. The van der Waals surface area contributed by atoms with Gasteiger partial charge in [-0.2, -0.15) is 13.2 Å². The second-order valence-corrected chi connectivity index (χ2v) is 4.59. The van der Waals surface area contributed by atoms with Gasteiger partial charge in [-0.1, -0.05) is 0 Å². The van der Waals surface area contributed by atoms with Crippen molar-refractivity contribution in [3.8, 4) is 10.6 Å². The third-order valence-electron chi connectivity index (χ3n) is 2.37. The van der Waals surface area contributed by atoms with Crippen LogP contribution in [0.2, 0.25) is 0 Å². The van der Waals surface area contributed by atoms with Crippen molar-refractivity contribution in [2.24, 2.45) is 5.73 Å². The minimum Gasteiger partial charge on any atom is -0.365 e. The average Bonchev–Trinajstić information content (AvgIpc) is 2.76. The smallest absolute Gasteiger partial charge is 0.365 e. The Kier molecular flexibility index (Phi) is 3.19. The van der Waals surface area contributed by atoms with Gasteiger partial charge < -0.3 is 10.7 Å². The van der Waals surface area contributed by atoms with Crippen molar-refractivity contribution in [3.05, 3.63) is 45.1 Å². The normalized spacial score (nSPS) is 11.5. The first-order chi connectivity index (χ1) is 8.79. The maximum absolute atomic E-state index is 12.4. The molecule has 2 heterocycles. The van der Waals surface area contributed by atoms with Crippen molar-refractivity contribution >= 4 is 17.2 Å². The van der Waals surface area contributed by atoms with Gasteiger partial charge in [-0.05, 0) is 18.2 Å². The first kappa shape index (κ1) is 13.3. The number of amides is 1. The molecule has 0 saturated heterocycles. The molecule has 0 atom stereocenters. The predicted octanol–water partition coefficient (Wildman–Crippen LogP) is 2.22. The zero-order valence-electron chi connectivity index (χ0n) is 9.25. The van der Waals surface area contributed by atoms with E-state index in [4.69, 9.17) is 5.73 Å². The quantitative estimate of drug-likeness (QED) is 0.889. The summed E-state index contributed by atoms with van der Waals surface area (Å²) in [6.45, 7) is 0. The van der Waals surface area contributed by atoms with Crippen molar-refractivity contribution in [2.75, 3.05) is 0 Å². The molecule has 8 heteroatoms. The first-order valence-corrected chi connectivity index (χ1v) is 5.86. The summed E-state index contributed by atoms with van der Waals surface area (Å²) in [6, 6.07) is 3.46. The van der Waals surface area contributed by atoms with Crippen LogP contribution in [0.4, 0.5) is 13.2 Å². The Morgan fingerprint density at radius 1 is 1.32 bits per heavy atom. The van der Waals surface area contributed by atoms with Gasteiger partial charge in [0.25, 0.3) is 11.5 Å². The number of nitrogens with two attached hydrogens (primary N) is 1. The molecule has 0 saturated carbocycles. The highest BCUT2D eigenvalue weighted by atomic mass is 32.1. The van der Waals surface area contributed by atoms with E-state index in [2.05, 4.69) is 4.98 Å². The largest absolute Gasteiger partial charge is 0.417 e. The molecule has 0 spiro atoms. The van der Waals surface area contributed by atoms with Crippen LogP contribution in [0.1, 0.15) is 15.9 Å². The molecule has 0 fully saturated rings. The molecule has 19 heavy (non-hydrogen) atoms. The van der Waals surface area contributed by atoms with Crippen LogP contribution in [-0.4, -0.2) is 10.9 Å². The highest BCUT2D eigenvalue weighted by molar-refractivity contribution is 7.13. The fraction of sp³-hybridized carbons (Fsp3) is 0.0909. The number of H-pyrrole nitrogens is 1. The van der Waals surface area contributed by atoms with Gasteiger partial charge in [0.1, 0.15) is 5.56 Å². The molecule has 1 amide bonds. The minimum absolute atomic E-state index is 0.204. The number of hydrogen-bond acceptors (Lipinski definition) is 3. The van der Waals surface area contributed by atoms with Crippen LogP contribution in [0.5, 0.6) is 0 Å². The molecular formula is C11H7F3N2O2S. The van der Waals surface area contributed by atoms with Gasteiger partial charge in [0, 0.05) is 5.38 Å². The zero-order chi connectivity index (χ0) is 14.2. The molecule has 3 N–H and O–H groups in total. The van der Waals surface area contributed by atoms with Crippen molar-refractivity contribution < 1.29 is 18.0 Å². The summed E-state index contributed by atoms with van der Waals surface area (Å²) in [5.41, 5.74) is 3.41. The van der Waals surface area contributed by atoms with E-state index >= 15 is 0 Å². The Balaban J connectivity index is 2.43. The molecule has 0 aliphatic rings. The van der Waals surface area contributed by atoms with Gasteiger partial charge in [-0.25, -0.2) is 0 Å². The van der Waals surface area contributed by atoms with Gasteiger partial charge in [0.2, 0.25) is 0 Å². The number of alkyl halides is 3. The maximum atomic E-state index is 12.4. The Labute approximate surface area is 108 Å². The molecule has 0 aliphatic heterocycles. The fourth-order valence-corrected chi connectivity index (χ4v) is 2.33. The van der Waals surface area contributed by atoms with Gasteiger partial charge in [-0.15, -0.1) is 11.3 Å². The zero-order valence-corrected chi connectivity index (χ0v) is 10.1. The number of aromatic nitrogens is 1. The van der Waals surface area contributed by atoms with E-state index in [1.54, 1.807) is 0 Å². The van der Waals surface area contributed by atoms with E-state index in [-0.39, 0.29) is 16.1 Å². The monoisotopic (exact) mass is 288 g/mol. The lowest BCUT2D eigenvalue weighted by Gasteiger charge is -2.01. The lowest BCUT2D eigenvalue weighted by molar-refractivity contribution is -0.137. The molecule has 0 aromatic carbocycles. The molecule has 0 aliphatic carbocycles. The van der Waals surface area contributed by atoms with Crippen LogP contribution in [0.15, 0.2) is 28.4 Å². The van der Waals surface area contributed by atoms with Crippen LogP contribution in [0.25, 0.3) is 10.6 Å². The molecule has 0 bridgehead atoms. The second kappa shape index (κ2) is 4.54. The fourth-order valence-electron chi connectivity index (χ4n) is 1.44. The van der Waals surface area contributed by atoms with E-state index in [9.17, 15) is 22.8 Å². The summed E-state index contributed by atoms with van der Waals surface area (Å²) in [5, 5.41) is 0.954. The Morgan fingerprint density at radius 3 is 2.47 bits per heavy atom. The maximum Gasteiger partial charge on any atom is 0.417 e. The third-order valence-corrected chi connectivity index (χ3v) is 3.33. The molecule has 2 aromatic heterocycles. The van der Waals surface area contributed by atoms with Crippen LogP contribution in [-0.2, 0) is 6.18 Å². The van der Waals surface area contributed by atoms with Gasteiger partial charge in [0.05, 0.1) is 16.1 Å². The number of carbonyl (C=O) groups excluding carboxylic acids is 1. The Hall–Kier alpha value is -2.09. The molecule has 4 nitrogen and oxygen atoms in total. The molecule has 2 aromatic rings. The van der Waals surface area contributed by atoms with E-state index in [1.165, 1.54) is 12.1 Å². The molecular weight excluding hydrogens is 281 g/mol. The van der Waals surface area contributed by atoms with E-state index in [0.717, 1.165) is 22.8 Å². The summed E-state index contributed by atoms with van der Waals surface area (Å²) in [4.78, 5) is 24.9.